The Balaban J connectivity index is 1.37. The molecule has 39 heavy (non-hydrogen) atoms. The second-order valence-electron chi connectivity index (χ2n) is 9.43. The first-order chi connectivity index (χ1) is 18.6. The summed E-state index contributed by atoms with van der Waals surface area (Å²) in [5.41, 5.74) is 5.25. The molecule has 0 aromatic carbocycles. The molecule has 0 saturated carbocycles. The Morgan fingerprint density at radius 2 is 2.00 bits per heavy atom. The van der Waals surface area contributed by atoms with Crippen LogP contribution in [0.5, 0.6) is 0 Å². The number of primary amides is 1. The number of amides is 2. The van der Waals surface area contributed by atoms with Gasteiger partial charge < -0.3 is 40.8 Å². The Kier molecular flexibility index (Phi) is 8.83. The average Bonchev–Trinajstić information content (AvgIpc) is 3.51. The summed E-state index contributed by atoms with van der Waals surface area (Å²) in [6.07, 6.45) is -0.974. The molecule has 4 rings (SSSR count). The fourth-order valence-electron chi connectivity index (χ4n) is 5.43. The topological polar surface area (TPSA) is 188 Å². The zero-order chi connectivity index (χ0) is 28.5. The number of hydrogen-bond donors (Lipinski definition) is 4. The van der Waals surface area contributed by atoms with Crippen molar-refractivity contribution in [2.45, 2.75) is 43.8 Å². The van der Waals surface area contributed by atoms with E-state index in [1.54, 1.807) is 20.8 Å². The second kappa shape index (κ2) is 11.8. The second-order valence-corrected chi connectivity index (χ2v) is 12.3. The van der Waals surface area contributed by atoms with E-state index in [4.69, 9.17) is 19.9 Å². The molecule has 2 saturated heterocycles. The number of nitrogens with one attached hydrogen (secondary N) is 3. The Labute approximate surface area is 233 Å². The normalized spacial score (nSPS) is 27.6. The molecule has 15 heteroatoms. The standard InChI is InChI=1S/C24H33N5O8S2/c1-5-36-15(30)8-27-22(33)12(3)39-38-7-6-26-17-11(2)19(31)18-16(20(17)32)13(10-37-23(25)34)24(35-4)21-14(28-21)9-29(18)24/h12-14,21,26,28H,5-10H2,1-4H3,(H2,25,34)(H,27,33)/t12?,13-,14+,21+,24-/m1/s1. The number of fused-ring (bicyclic) bond motifs is 4. The molecule has 5 atom stereocenters. The van der Waals surface area contributed by atoms with E-state index >= 15 is 0 Å². The van der Waals surface area contributed by atoms with Crippen molar-refractivity contribution < 1.29 is 38.2 Å². The molecule has 0 radical (unpaired) electrons. The van der Waals surface area contributed by atoms with E-state index in [1.807, 2.05) is 4.90 Å². The van der Waals surface area contributed by atoms with Gasteiger partial charge in [0.15, 0.2) is 5.72 Å². The quantitative estimate of drug-likeness (QED) is 0.0710. The molecular formula is C24H33N5O8S2. The highest BCUT2D eigenvalue weighted by Crippen LogP contribution is 2.55. The number of nitrogens with zero attached hydrogens (tertiary/aromatic N) is 1. The van der Waals surface area contributed by atoms with E-state index in [9.17, 15) is 24.0 Å². The van der Waals surface area contributed by atoms with Crippen LogP contribution in [0.4, 0.5) is 4.79 Å². The fraction of sp³-hybridized carbons (Fsp3) is 0.625. The summed E-state index contributed by atoms with van der Waals surface area (Å²) >= 11 is 0. The van der Waals surface area contributed by atoms with Gasteiger partial charge in [-0.15, -0.1) is 0 Å². The van der Waals surface area contributed by atoms with Crippen LogP contribution in [0.15, 0.2) is 22.5 Å². The molecule has 2 amide bonds. The third-order valence-electron chi connectivity index (χ3n) is 7.21. The lowest BCUT2D eigenvalue weighted by molar-refractivity contribution is -0.143. The van der Waals surface area contributed by atoms with Crippen molar-refractivity contribution in [1.29, 1.82) is 0 Å². The van der Waals surface area contributed by atoms with Gasteiger partial charge in [0.1, 0.15) is 13.2 Å². The first kappa shape index (κ1) is 29.2. The Morgan fingerprint density at radius 3 is 2.67 bits per heavy atom. The zero-order valence-corrected chi connectivity index (χ0v) is 23.8. The minimum absolute atomic E-state index is 0.114. The van der Waals surface area contributed by atoms with Crippen LogP contribution < -0.4 is 21.7 Å². The monoisotopic (exact) mass is 583 g/mol. The highest BCUT2D eigenvalue weighted by molar-refractivity contribution is 8.77. The van der Waals surface area contributed by atoms with Crippen LogP contribution in [-0.4, -0.2) is 103 Å². The summed E-state index contributed by atoms with van der Waals surface area (Å²) in [6.45, 7) is 5.75. The fourth-order valence-corrected chi connectivity index (χ4v) is 7.50. The number of ether oxygens (including phenoxy) is 3. The van der Waals surface area contributed by atoms with Crippen molar-refractivity contribution >= 4 is 51.1 Å². The minimum Gasteiger partial charge on any atom is -0.465 e. The predicted octanol–water partition coefficient (Wildman–Crippen LogP) is -0.571. The highest BCUT2D eigenvalue weighted by Gasteiger charge is 2.72. The largest absolute Gasteiger partial charge is 0.465 e. The molecule has 1 aliphatic carbocycles. The highest BCUT2D eigenvalue weighted by atomic mass is 33.1. The van der Waals surface area contributed by atoms with Gasteiger partial charge in [0.05, 0.1) is 35.2 Å². The van der Waals surface area contributed by atoms with Gasteiger partial charge in [-0.05, 0) is 20.8 Å². The molecule has 13 nitrogen and oxygen atoms in total. The summed E-state index contributed by atoms with van der Waals surface area (Å²) in [4.78, 5) is 64.1. The number of carbonyl (C=O) groups is 5. The first-order valence-electron chi connectivity index (χ1n) is 12.6. The van der Waals surface area contributed by atoms with Crippen LogP contribution in [0.2, 0.25) is 0 Å². The van der Waals surface area contributed by atoms with E-state index in [2.05, 4.69) is 16.0 Å². The number of allylic oxidation sites excluding steroid dienone is 2. The first-order valence-corrected chi connectivity index (χ1v) is 15.0. The predicted molar refractivity (Wildman–Crippen MR) is 143 cm³/mol. The van der Waals surface area contributed by atoms with Gasteiger partial charge in [-0.2, -0.15) is 0 Å². The lowest BCUT2D eigenvalue weighted by Crippen LogP contribution is -2.55. The minimum atomic E-state index is -1.03. The molecule has 2 fully saturated rings. The molecule has 0 bridgehead atoms. The van der Waals surface area contributed by atoms with E-state index in [1.165, 1.54) is 28.7 Å². The van der Waals surface area contributed by atoms with Crippen LogP contribution >= 0.6 is 21.6 Å². The molecule has 0 spiro atoms. The van der Waals surface area contributed by atoms with Gasteiger partial charge in [0.2, 0.25) is 17.5 Å². The van der Waals surface area contributed by atoms with Gasteiger partial charge in [-0.3, -0.25) is 19.2 Å². The number of methoxy groups -OCH3 is 1. The zero-order valence-electron chi connectivity index (χ0n) is 22.2. The van der Waals surface area contributed by atoms with E-state index in [0.29, 0.717) is 30.1 Å². The molecule has 0 aromatic heterocycles. The Morgan fingerprint density at radius 1 is 1.26 bits per heavy atom. The third kappa shape index (κ3) is 5.36. The maximum absolute atomic E-state index is 13.8. The summed E-state index contributed by atoms with van der Waals surface area (Å²) in [5, 5.41) is 8.53. The Bertz CT molecular complexity index is 1140. The number of piperazine rings is 1. The number of nitrogens with two attached hydrogens (primary N) is 1. The van der Waals surface area contributed by atoms with Crippen LogP contribution in [0.1, 0.15) is 20.8 Å². The molecule has 214 valence electrons. The number of hydrogen-bond acceptors (Lipinski definition) is 13. The van der Waals surface area contributed by atoms with Crippen molar-refractivity contribution in [3.8, 4) is 0 Å². The molecule has 1 unspecified atom stereocenters. The smallest absolute Gasteiger partial charge is 0.404 e. The average molecular weight is 584 g/mol. The number of rotatable bonds is 13. The van der Waals surface area contributed by atoms with Crippen molar-refractivity contribution in [2.24, 2.45) is 11.7 Å². The van der Waals surface area contributed by atoms with Crippen LogP contribution in [0.3, 0.4) is 0 Å². The molecule has 3 aliphatic heterocycles. The third-order valence-corrected chi connectivity index (χ3v) is 9.99. The van der Waals surface area contributed by atoms with Crippen LogP contribution in [0, 0.1) is 5.92 Å². The van der Waals surface area contributed by atoms with E-state index < -0.39 is 29.0 Å². The maximum atomic E-state index is 13.8. The lowest BCUT2D eigenvalue weighted by Gasteiger charge is -2.39. The molecular weight excluding hydrogens is 550 g/mol. The van der Waals surface area contributed by atoms with Crippen molar-refractivity contribution in [3.63, 3.8) is 0 Å². The maximum Gasteiger partial charge on any atom is 0.404 e. The lowest BCUT2D eigenvalue weighted by atomic mass is 9.82. The SMILES string of the molecule is CCOC(=O)CNC(=O)C(C)SSCCNC1=C(C)C(=O)C2=C(C1=O)[C@@H](COC(N)=O)[C@@]1(OC)[C@H]3N[C@H]3CN21. The van der Waals surface area contributed by atoms with Gasteiger partial charge in [0, 0.05) is 43.1 Å². The number of Topliss-reactive ketones (excluding diaryl/α,β-unsaturated/α-hetero) is 2. The van der Waals surface area contributed by atoms with Crippen molar-refractivity contribution in [2.75, 3.05) is 45.7 Å². The summed E-state index contributed by atoms with van der Waals surface area (Å²) < 4.78 is 15.9. The molecule has 3 heterocycles. The van der Waals surface area contributed by atoms with Gasteiger partial charge in [-0.1, -0.05) is 21.6 Å². The van der Waals surface area contributed by atoms with E-state index in [0.717, 1.165) is 0 Å². The van der Waals surface area contributed by atoms with Crippen LogP contribution in [0.25, 0.3) is 0 Å². The van der Waals surface area contributed by atoms with E-state index in [-0.39, 0.29) is 60.6 Å². The summed E-state index contributed by atoms with van der Waals surface area (Å²) in [5.74, 6) is -1.57. The summed E-state index contributed by atoms with van der Waals surface area (Å²) in [7, 11) is 4.27. The number of carbonyl (C=O) groups excluding carboxylic acids is 5. The number of esters is 1. The van der Waals surface area contributed by atoms with Gasteiger partial charge >= 0.3 is 12.1 Å². The molecule has 0 aromatic rings. The summed E-state index contributed by atoms with van der Waals surface area (Å²) in [6, 6.07) is 0.00254. The van der Waals surface area contributed by atoms with Crippen molar-refractivity contribution in [3.05, 3.63) is 22.5 Å². The van der Waals surface area contributed by atoms with Crippen molar-refractivity contribution in [1.82, 2.24) is 20.9 Å². The van der Waals surface area contributed by atoms with Gasteiger partial charge in [0.25, 0.3) is 0 Å². The van der Waals surface area contributed by atoms with Crippen LogP contribution in [-0.2, 0) is 33.4 Å². The number of ketones is 2. The molecule has 4 aliphatic rings. The van der Waals surface area contributed by atoms with Gasteiger partial charge in [-0.25, -0.2) is 4.79 Å². The molecule has 5 N–H and O–H groups in total. The Hall–Kier alpha value is -2.75.